The van der Waals surface area contributed by atoms with Gasteiger partial charge in [-0.1, -0.05) is 25.1 Å². The summed E-state index contributed by atoms with van der Waals surface area (Å²) >= 11 is 0. The lowest BCUT2D eigenvalue weighted by atomic mass is 9.88. The minimum absolute atomic E-state index is 0.215. The van der Waals surface area contributed by atoms with Crippen LogP contribution in [0.15, 0.2) is 24.3 Å². The van der Waals surface area contributed by atoms with Crippen molar-refractivity contribution in [1.82, 2.24) is 0 Å². The molecule has 0 fully saturated rings. The van der Waals surface area contributed by atoms with Crippen LogP contribution in [0.25, 0.3) is 0 Å². The molecule has 0 bridgehead atoms. The lowest BCUT2D eigenvalue weighted by molar-refractivity contribution is -0.00376. The SMILES string of the molecule is CCC1(C)CC(O)c2ccccc2O1. The number of para-hydroxylation sites is 1. The number of aliphatic hydroxyl groups excluding tert-OH is 1. The quantitative estimate of drug-likeness (QED) is 0.741. The molecular formula is C12H16O2. The van der Waals surface area contributed by atoms with E-state index in [-0.39, 0.29) is 11.7 Å². The van der Waals surface area contributed by atoms with Gasteiger partial charge in [-0.3, -0.25) is 0 Å². The predicted molar refractivity (Wildman–Crippen MR) is 55.3 cm³/mol. The third kappa shape index (κ3) is 1.50. The zero-order valence-electron chi connectivity index (χ0n) is 8.66. The van der Waals surface area contributed by atoms with Crippen molar-refractivity contribution in [3.8, 4) is 5.75 Å². The van der Waals surface area contributed by atoms with Crippen LogP contribution in [0.5, 0.6) is 5.75 Å². The largest absolute Gasteiger partial charge is 0.487 e. The molecule has 2 atom stereocenters. The highest BCUT2D eigenvalue weighted by atomic mass is 16.5. The lowest BCUT2D eigenvalue weighted by Gasteiger charge is -2.37. The fourth-order valence-electron chi connectivity index (χ4n) is 1.89. The normalized spacial score (nSPS) is 30.6. The van der Waals surface area contributed by atoms with Gasteiger partial charge >= 0.3 is 0 Å². The van der Waals surface area contributed by atoms with E-state index in [1.165, 1.54) is 0 Å². The molecular weight excluding hydrogens is 176 g/mol. The summed E-state index contributed by atoms with van der Waals surface area (Å²) in [4.78, 5) is 0. The Labute approximate surface area is 84.5 Å². The molecule has 0 radical (unpaired) electrons. The second-order valence-electron chi connectivity index (χ2n) is 4.16. The van der Waals surface area contributed by atoms with Crippen LogP contribution in [0.3, 0.4) is 0 Å². The van der Waals surface area contributed by atoms with Gasteiger partial charge in [-0.2, -0.15) is 0 Å². The number of ether oxygens (including phenoxy) is 1. The molecule has 1 aliphatic heterocycles. The van der Waals surface area contributed by atoms with Crippen LogP contribution >= 0.6 is 0 Å². The number of rotatable bonds is 1. The van der Waals surface area contributed by atoms with Gasteiger partial charge in [0.05, 0.1) is 6.10 Å². The zero-order valence-corrected chi connectivity index (χ0v) is 8.66. The molecule has 0 aromatic heterocycles. The zero-order chi connectivity index (χ0) is 10.2. The Bertz CT molecular complexity index is 335. The second-order valence-corrected chi connectivity index (χ2v) is 4.16. The average Bonchev–Trinajstić information content (AvgIpc) is 2.18. The van der Waals surface area contributed by atoms with Crippen molar-refractivity contribution >= 4 is 0 Å². The molecule has 2 unspecified atom stereocenters. The van der Waals surface area contributed by atoms with Crippen molar-refractivity contribution in [3.05, 3.63) is 29.8 Å². The first-order valence-electron chi connectivity index (χ1n) is 5.10. The summed E-state index contributed by atoms with van der Waals surface area (Å²) in [5.41, 5.74) is 0.701. The summed E-state index contributed by atoms with van der Waals surface area (Å²) in [6.45, 7) is 4.13. The Balaban J connectivity index is 2.38. The Morgan fingerprint density at radius 2 is 2.21 bits per heavy atom. The molecule has 0 spiro atoms. The first-order valence-corrected chi connectivity index (χ1v) is 5.10. The summed E-state index contributed by atoms with van der Waals surface area (Å²) in [6.07, 6.45) is 1.21. The van der Waals surface area contributed by atoms with Gasteiger partial charge in [-0.25, -0.2) is 0 Å². The lowest BCUT2D eigenvalue weighted by Crippen LogP contribution is -2.37. The first kappa shape index (κ1) is 9.53. The van der Waals surface area contributed by atoms with Gasteiger partial charge in [0.2, 0.25) is 0 Å². The Hall–Kier alpha value is -1.02. The van der Waals surface area contributed by atoms with Crippen molar-refractivity contribution in [2.24, 2.45) is 0 Å². The number of aliphatic hydroxyl groups is 1. The monoisotopic (exact) mass is 192 g/mol. The average molecular weight is 192 g/mol. The van der Waals surface area contributed by atoms with E-state index in [9.17, 15) is 5.11 Å². The van der Waals surface area contributed by atoms with E-state index in [0.29, 0.717) is 6.42 Å². The van der Waals surface area contributed by atoms with E-state index >= 15 is 0 Å². The van der Waals surface area contributed by atoms with Crippen LogP contribution < -0.4 is 4.74 Å². The Kier molecular flexibility index (Phi) is 2.23. The summed E-state index contributed by atoms with van der Waals surface area (Å²) in [5.74, 6) is 0.829. The van der Waals surface area contributed by atoms with E-state index in [1.54, 1.807) is 0 Å². The number of hydrogen-bond donors (Lipinski definition) is 1. The summed E-state index contributed by atoms with van der Waals surface area (Å²) in [5, 5.41) is 9.95. The molecule has 14 heavy (non-hydrogen) atoms. The number of benzene rings is 1. The van der Waals surface area contributed by atoms with Crippen LogP contribution in [0.2, 0.25) is 0 Å². The van der Waals surface area contributed by atoms with E-state index in [0.717, 1.165) is 17.7 Å². The Morgan fingerprint density at radius 3 is 2.93 bits per heavy atom. The molecule has 1 aromatic rings. The molecule has 2 nitrogen and oxygen atoms in total. The molecule has 2 heteroatoms. The van der Waals surface area contributed by atoms with Gasteiger partial charge in [0.15, 0.2) is 0 Å². The molecule has 2 rings (SSSR count). The molecule has 1 heterocycles. The molecule has 0 saturated carbocycles. The van der Waals surface area contributed by atoms with E-state index in [2.05, 4.69) is 6.92 Å². The number of fused-ring (bicyclic) bond motifs is 1. The minimum Gasteiger partial charge on any atom is -0.487 e. The molecule has 0 amide bonds. The maximum absolute atomic E-state index is 9.95. The Morgan fingerprint density at radius 1 is 1.50 bits per heavy atom. The maximum atomic E-state index is 9.95. The molecule has 1 aliphatic rings. The third-order valence-electron chi connectivity index (χ3n) is 3.01. The van der Waals surface area contributed by atoms with Crippen molar-refractivity contribution in [2.75, 3.05) is 0 Å². The molecule has 1 N–H and O–H groups in total. The maximum Gasteiger partial charge on any atom is 0.125 e. The first-order chi connectivity index (χ1) is 6.64. The summed E-state index contributed by atoms with van der Waals surface area (Å²) in [7, 11) is 0. The highest BCUT2D eigenvalue weighted by molar-refractivity contribution is 5.37. The fourth-order valence-corrected chi connectivity index (χ4v) is 1.89. The fraction of sp³-hybridized carbons (Fsp3) is 0.500. The molecule has 0 saturated heterocycles. The van der Waals surface area contributed by atoms with Crippen molar-refractivity contribution in [2.45, 2.75) is 38.4 Å². The van der Waals surface area contributed by atoms with Crippen molar-refractivity contribution < 1.29 is 9.84 Å². The van der Waals surface area contributed by atoms with Crippen LogP contribution in [0.4, 0.5) is 0 Å². The van der Waals surface area contributed by atoms with E-state index in [1.807, 2.05) is 31.2 Å². The van der Waals surface area contributed by atoms with Crippen molar-refractivity contribution in [1.29, 1.82) is 0 Å². The van der Waals surface area contributed by atoms with Crippen LogP contribution in [0, 0.1) is 0 Å². The van der Waals surface area contributed by atoms with Crippen LogP contribution in [-0.4, -0.2) is 10.7 Å². The standard InChI is InChI=1S/C12H16O2/c1-3-12(2)8-10(13)9-6-4-5-7-11(9)14-12/h4-7,10,13H,3,8H2,1-2H3. The molecule has 0 aliphatic carbocycles. The molecule has 1 aromatic carbocycles. The topological polar surface area (TPSA) is 29.5 Å². The highest BCUT2D eigenvalue weighted by Gasteiger charge is 2.34. The van der Waals surface area contributed by atoms with Crippen LogP contribution in [0.1, 0.15) is 38.4 Å². The van der Waals surface area contributed by atoms with Gasteiger partial charge in [-0.05, 0) is 19.4 Å². The third-order valence-corrected chi connectivity index (χ3v) is 3.01. The summed E-state index contributed by atoms with van der Waals surface area (Å²) in [6, 6.07) is 7.72. The number of hydrogen-bond acceptors (Lipinski definition) is 2. The predicted octanol–water partition coefficient (Wildman–Crippen LogP) is 2.67. The minimum atomic E-state index is -0.384. The van der Waals surface area contributed by atoms with E-state index in [4.69, 9.17) is 4.74 Å². The van der Waals surface area contributed by atoms with Gasteiger partial charge in [-0.15, -0.1) is 0 Å². The van der Waals surface area contributed by atoms with Gasteiger partial charge in [0, 0.05) is 12.0 Å². The summed E-state index contributed by atoms with van der Waals surface area (Å²) < 4.78 is 5.88. The van der Waals surface area contributed by atoms with E-state index < -0.39 is 0 Å². The van der Waals surface area contributed by atoms with Crippen molar-refractivity contribution in [3.63, 3.8) is 0 Å². The molecule has 76 valence electrons. The second kappa shape index (κ2) is 3.28. The van der Waals surface area contributed by atoms with Gasteiger partial charge < -0.3 is 9.84 Å². The van der Waals surface area contributed by atoms with Crippen LogP contribution in [-0.2, 0) is 0 Å². The van der Waals surface area contributed by atoms with Gasteiger partial charge in [0.1, 0.15) is 11.4 Å². The smallest absolute Gasteiger partial charge is 0.125 e. The highest BCUT2D eigenvalue weighted by Crippen LogP contribution is 2.40. The van der Waals surface area contributed by atoms with Gasteiger partial charge in [0.25, 0.3) is 0 Å².